The third-order valence-corrected chi connectivity index (χ3v) is 5.30. The fraction of sp³-hybridized carbons (Fsp3) is 0.647. The van der Waals surface area contributed by atoms with E-state index in [1.807, 2.05) is 6.07 Å². The number of nitrogens with zero attached hydrogens (tertiary/aromatic N) is 1. The molecule has 0 aliphatic carbocycles. The maximum Gasteiger partial charge on any atom is 0.0956 e. The second kappa shape index (κ2) is 5.18. The Morgan fingerprint density at radius 2 is 2.24 bits per heavy atom. The molecule has 0 bridgehead atoms. The Hall–Kier alpha value is -1.26. The van der Waals surface area contributed by atoms with E-state index < -0.39 is 0 Å². The molecule has 2 N–H and O–H groups in total. The Morgan fingerprint density at radius 3 is 3.10 bits per heavy atom. The number of rotatable bonds is 1. The van der Waals surface area contributed by atoms with E-state index in [1.54, 1.807) is 0 Å². The molecule has 1 aromatic carbocycles. The molecule has 4 heteroatoms. The molecule has 0 radical (unpaired) electrons. The summed E-state index contributed by atoms with van der Waals surface area (Å²) in [5, 5.41) is 0. The Kier molecular flexibility index (Phi) is 3.31. The van der Waals surface area contributed by atoms with Crippen LogP contribution in [0, 0.1) is 0 Å². The van der Waals surface area contributed by atoms with Crippen LogP contribution in [-0.2, 0) is 15.9 Å². The van der Waals surface area contributed by atoms with Gasteiger partial charge in [0.05, 0.1) is 12.2 Å². The van der Waals surface area contributed by atoms with Crippen LogP contribution in [0.2, 0.25) is 0 Å². The van der Waals surface area contributed by atoms with Crippen LogP contribution in [0.3, 0.4) is 0 Å². The van der Waals surface area contributed by atoms with Crippen LogP contribution in [0.5, 0.6) is 0 Å². The quantitative estimate of drug-likeness (QED) is 0.806. The van der Waals surface area contributed by atoms with Crippen molar-refractivity contribution in [2.75, 3.05) is 37.0 Å². The van der Waals surface area contributed by atoms with E-state index in [9.17, 15) is 0 Å². The molecule has 2 saturated heterocycles. The molecule has 3 aliphatic heterocycles. The van der Waals surface area contributed by atoms with Crippen LogP contribution in [-0.4, -0.2) is 38.0 Å². The first-order chi connectivity index (χ1) is 10.3. The topological polar surface area (TPSA) is 47.7 Å². The summed E-state index contributed by atoms with van der Waals surface area (Å²) in [7, 11) is 0. The minimum absolute atomic E-state index is 0.0269. The van der Waals surface area contributed by atoms with E-state index >= 15 is 0 Å². The van der Waals surface area contributed by atoms with Gasteiger partial charge in [-0.1, -0.05) is 6.07 Å². The zero-order valence-electron chi connectivity index (χ0n) is 12.5. The molecule has 2 fully saturated rings. The van der Waals surface area contributed by atoms with Crippen LogP contribution in [0.4, 0.5) is 11.4 Å². The summed E-state index contributed by atoms with van der Waals surface area (Å²) in [4.78, 5) is 2.58. The molecule has 4 rings (SSSR count). The first kappa shape index (κ1) is 13.4. The number of benzene rings is 1. The average molecular weight is 288 g/mol. The molecule has 21 heavy (non-hydrogen) atoms. The molecule has 0 saturated carbocycles. The number of hydrogen-bond acceptors (Lipinski definition) is 4. The first-order valence-electron chi connectivity index (χ1n) is 8.13. The summed E-state index contributed by atoms with van der Waals surface area (Å²) in [5.74, 6) is 0. The highest BCUT2D eigenvalue weighted by Gasteiger charge is 2.43. The van der Waals surface area contributed by atoms with Crippen molar-refractivity contribution in [2.45, 2.75) is 43.7 Å². The number of anilines is 2. The lowest BCUT2D eigenvalue weighted by molar-refractivity contribution is -0.0860. The molecule has 1 spiro atoms. The third-order valence-electron chi connectivity index (χ3n) is 5.30. The maximum absolute atomic E-state index is 6.18. The number of nitrogens with two attached hydrogens (primary N) is 1. The normalized spacial score (nSPS) is 32.4. The number of ether oxygens (including phenoxy) is 2. The van der Waals surface area contributed by atoms with Crippen molar-refractivity contribution in [2.24, 2.45) is 0 Å². The highest BCUT2D eigenvalue weighted by Crippen LogP contribution is 2.39. The molecule has 0 amide bonds. The van der Waals surface area contributed by atoms with Gasteiger partial charge in [0.2, 0.25) is 0 Å². The molecule has 114 valence electrons. The minimum atomic E-state index is -0.0269. The number of nitrogen functional groups attached to an aromatic ring is 1. The van der Waals surface area contributed by atoms with Crippen molar-refractivity contribution in [1.29, 1.82) is 0 Å². The van der Waals surface area contributed by atoms with E-state index in [0.29, 0.717) is 6.04 Å². The van der Waals surface area contributed by atoms with Crippen LogP contribution < -0.4 is 10.6 Å². The maximum atomic E-state index is 6.18. The van der Waals surface area contributed by atoms with Gasteiger partial charge in [0.15, 0.2) is 0 Å². The van der Waals surface area contributed by atoms with E-state index in [2.05, 4.69) is 17.0 Å². The van der Waals surface area contributed by atoms with Crippen molar-refractivity contribution < 1.29 is 9.47 Å². The van der Waals surface area contributed by atoms with Gasteiger partial charge in [-0.05, 0) is 43.4 Å². The van der Waals surface area contributed by atoms with E-state index in [4.69, 9.17) is 15.2 Å². The molecular weight excluding hydrogens is 264 g/mol. The van der Waals surface area contributed by atoms with Gasteiger partial charge < -0.3 is 20.1 Å². The van der Waals surface area contributed by atoms with E-state index in [-0.39, 0.29) is 5.60 Å². The highest BCUT2D eigenvalue weighted by atomic mass is 16.6. The van der Waals surface area contributed by atoms with Gasteiger partial charge >= 0.3 is 0 Å². The number of fused-ring (bicyclic) bond motifs is 1. The predicted octanol–water partition coefficient (Wildman–Crippen LogP) is 2.36. The van der Waals surface area contributed by atoms with Gasteiger partial charge in [0.25, 0.3) is 0 Å². The van der Waals surface area contributed by atoms with Gasteiger partial charge in [-0.15, -0.1) is 0 Å². The second-order valence-corrected chi connectivity index (χ2v) is 6.62. The molecule has 3 heterocycles. The lowest BCUT2D eigenvalue weighted by atomic mass is 9.87. The van der Waals surface area contributed by atoms with Crippen molar-refractivity contribution in [1.82, 2.24) is 0 Å². The average Bonchev–Trinajstić information content (AvgIpc) is 2.95. The lowest BCUT2D eigenvalue weighted by Gasteiger charge is -2.45. The van der Waals surface area contributed by atoms with Gasteiger partial charge in [-0.2, -0.15) is 0 Å². The van der Waals surface area contributed by atoms with Gasteiger partial charge in [-0.25, -0.2) is 0 Å². The molecule has 2 unspecified atom stereocenters. The van der Waals surface area contributed by atoms with Crippen LogP contribution in [0.25, 0.3) is 0 Å². The Bertz CT molecular complexity index is 526. The van der Waals surface area contributed by atoms with E-state index in [0.717, 1.165) is 57.7 Å². The van der Waals surface area contributed by atoms with Crippen molar-refractivity contribution in [3.63, 3.8) is 0 Å². The zero-order valence-corrected chi connectivity index (χ0v) is 12.5. The molecular formula is C17H24N2O2. The molecule has 4 nitrogen and oxygen atoms in total. The van der Waals surface area contributed by atoms with Crippen LogP contribution in [0.1, 0.15) is 31.2 Å². The molecule has 1 aromatic rings. The predicted molar refractivity (Wildman–Crippen MR) is 83.7 cm³/mol. The molecule has 0 aromatic heterocycles. The SMILES string of the molecule is Nc1cccc2c1CCCN2C1CCOC2(CCOC2)C1. The van der Waals surface area contributed by atoms with Crippen molar-refractivity contribution in [3.8, 4) is 0 Å². The van der Waals surface area contributed by atoms with Crippen LogP contribution >= 0.6 is 0 Å². The lowest BCUT2D eigenvalue weighted by Crippen LogP contribution is -2.50. The van der Waals surface area contributed by atoms with Gasteiger partial charge in [0.1, 0.15) is 0 Å². The molecule has 3 aliphatic rings. The fourth-order valence-corrected chi connectivity index (χ4v) is 4.19. The Morgan fingerprint density at radius 1 is 1.29 bits per heavy atom. The second-order valence-electron chi connectivity index (χ2n) is 6.62. The Balaban J connectivity index is 1.61. The monoisotopic (exact) mass is 288 g/mol. The van der Waals surface area contributed by atoms with Gasteiger partial charge in [0, 0.05) is 43.6 Å². The number of hydrogen-bond donors (Lipinski definition) is 1. The summed E-state index contributed by atoms with van der Waals surface area (Å²) in [6.45, 7) is 3.59. The summed E-state index contributed by atoms with van der Waals surface area (Å²) in [5.41, 5.74) is 9.79. The highest BCUT2D eigenvalue weighted by molar-refractivity contribution is 5.66. The summed E-state index contributed by atoms with van der Waals surface area (Å²) < 4.78 is 11.7. The zero-order chi connectivity index (χ0) is 14.3. The fourth-order valence-electron chi connectivity index (χ4n) is 4.19. The van der Waals surface area contributed by atoms with Crippen molar-refractivity contribution in [3.05, 3.63) is 23.8 Å². The smallest absolute Gasteiger partial charge is 0.0956 e. The summed E-state index contributed by atoms with van der Waals surface area (Å²) in [6.07, 6.45) is 5.54. The first-order valence-corrected chi connectivity index (χ1v) is 8.13. The minimum Gasteiger partial charge on any atom is -0.398 e. The van der Waals surface area contributed by atoms with Crippen molar-refractivity contribution >= 4 is 11.4 Å². The van der Waals surface area contributed by atoms with Crippen LogP contribution in [0.15, 0.2) is 18.2 Å². The summed E-state index contributed by atoms with van der Waals surface area (Å²) in [6, 6.07) is 6.90. The van der Waals surface area contributed by atoms with Gasteiger partial charge in [-0.3, -0.25) is 0 Å². The summed E-state index contributed by atoms with van der Waals surface area (Å²) >= 11 is 0. The third kappa shape index (κ3) is 2.30. The largest absolute Gasteiger partial charge is 0.398 e. The molecule has 2 atom stereocenters. The standard InChI is InChI=1S/C17H24N2O2/c18-15-4-1-5-16-14(15)3-2-8-19(16)13-6-9-21-17(11-13)7-10-20-12-17/h1,4-5,13H,2-3,6-12,18H2. The Labute approximate surface area is 126 Å². The van der Waals surface area contributed by atoms with E-state index in [1.165, 1.54) is 17.7 Å².